The van der Waals surface area contributed by atoms with E-state index in [9.17, 15) is 0 Å². The fourth-order valence-corrected chi connectivity index (χ4v) is 2.76. The number of thiol groups is 1. The minimum absolute atomic E-state index is 0.399. The van der Waals surface area contributed by atoms with Crippen LogP contribution in [0.2, 0.25) is 0 Å². The van der Waals surface area contributed by atoms with Crippen LogP contribution in [0, 0.1) is 11.8 Å². The Morgan fingerprint density at radius 3 is 2.00 bits per heavy atom. The molecule has 0 N–H and O–H groups in total. The molecular weight excluding hydrogens is 184 g/mol. The minimum Gasteiger partial charge on any atom is -0.179 e. The Labute approximate surface area is 87.3 Å². The summed E-state index contributed by atoms with van der Waals surface area (Å²) in [6.07, 6.45) is 0. The molecule has 0 nitrogen and oxygen atoms in total. The zero-order chi connectivity index (χ0) is 9.78. The molecule has 0 radical (unpaired) electrons. The molecule has 1 unspecified atom stereocenters. The summed E-state index contributed by atoms with van der Waals surface area (Å²) in [5.74, 6) is 3.78. The number of hydrogen-bond acceptors (Lipinski definition) is 2. The Bertz CT molecular complexity index is 113. The van der Waals surface area contributed by atoms with Crippen LogP contribution >= 0.6 is 24.4 Å². The molecule has 74 valence electrons. The summed E-state index contributed by atoms with van der Waals surface area (Å²) < 4.78 is 0.399. The third-order valence-electron chi connectivity index (χ3n) is 1.91. The third-order valence-corrected chi connectivity index (χ3v) is 3.84. The van der Waals surface area contributed by atoms with Gasteiger partial charge in [0.15, 0.2) is 0 Å². The number of hydrogen-bond donors (Lipinski definition) is 1. The highest BCUT2D eigenvalue weighted by Crippen LogP contribution is 2.28. The van der Waals surface area contributed by atoms with E-state index in [1.807, 2.05) is 11.8 Å². The van der Waals surface area contributed by atoms with Crippen LogP contribution in [-0.2, 0) is 0 Å². The Morgan fingerprint density at radius 1 is 1.25 bits per heavy atom. The van der Waals surface area contributed by atoms with Crippen LogP contribution < -0.4 is 0 Å². The van der Waals surface area contributed by atoms with Gasteiger partial charge in [-0.1, -0.05) is 34.6 Å². The van der Waals surface area contributed by atoms with Crippen LogP contribution in [-0.4, -0.2) is 16.3 Å². The first-order valence-electron chi connectivity index (χ1n) is 4.61. The molecule has 0 saturated carbocycles. The summed E-state index contributed by atoms with van der Waals surface area (Å²) in [6, 6.07) is 0. The highest BCUT2D eigenvalue weighted by molar-refractivity contribution is 8.00. The topological polar surface area (TPSA) is 0 Å². The van der Waals surface area contributed by atoms with Crippen LogP contribution in [0.5, 0.6) is 0 Å². The highest BCUT2D eigenvalue weighted by Gasteiger charge is 2.16. The van der Waals surface area contributed by atoms with Crippen molar-refractivity contribution < 1.29 is 0 Å². The minimum atomic E-state index is 0.399. The first-order chi connectivity index (χ1) is 5.37. The van der Waals surface area contributed by atoms with Crippen LogP contribution in [0.15, 0.2) is 0 Å². The van der Waals surface area contributed by atoms with Crippen molar-refractivity contribution in [1.29, 1.82) is 0 Å². The molecule has 2 heteroatoms. The summed E-state index contributed by atoms with van der Waals surface area (Å²) in [6.45, 7) is 11.4. The SMILES string of the molecule is CC(C)C(CS)CSC(C)(C)C. The van der Waals surface area contributed by atoms with Gasteiger partial charge in [0, 0.05) is 4.75 Å². The predicted molar refractivity (Wildman–Crippen MR) is 64.4 cm³/mol. The zero-order valence-corrected chi connectivity index (χ0v) is 10.6. The maximum absolute atomic E-state index is 4.37. The molecule has 0 rings (SSSR count). The lowest BCUT2D eigenvalue weighted by Gasteiger charge is -2.24. The molecule has 1 atom stereocenters. The lowest BCUT2D eigenvalue weighted by Crippen LogP contribution is -2.18. The molecule has 0 bridgehead atoms. The van der Waals surface area contributed by atoms with E-state index in [0.717, 1.165) is 17.6 Å². The molecule has 0 amide bonds. The Hall–Kier alpha value is 0.700. The molecule has 0 aromatic heterocycles. The van der Waals surface area contributed by atoms with Crippen molar-refractivity contribution in [1.82, 2.24) is 0 Å². The van der Waals surface area contributed by atoms with E-state index in [1.54, 1.807) is 0 Å². The fourth-order valence-electron chi connectivity index (χ4n) is 0.813. The second-order valence-corrected chi connectivity index (χ2v) is 6.82. The van der Waals surface area contributed by atoms with E-state index in [-0.39, 0.29) is 0 Å². The van der Waals surface area contributed by atoms with Gasteiger partial charge in [0.1, 0.15) is 0 Å². The summed E-state index contributed by atoms with van der Waals surface area (Å²) in [5, 5.41) is 0. The van der Waals surface area contributed by atoms with Crippen molar-refractivity contribution in [2.24, 2.45) is 11.8 Å². The first-order valence-corrected chi connectivity index (χ1v) is 6.23. The van der Waals surface area contributed by atoms with Crippen LogP contribution in [0.1, 0.15) is 34.6 Å². The summed E-state index contributed by atoms with van der Waals surface area (Å²) >= 11 is 6.42. The molecule has 0 aromatic rings. The molecule has 0 aliphatic rings. The molecular formula is C10H22S2. The molecule has 0 aliphatic heterocycles. The van der Waals surface area contributed by atoms with E-state index in [1.165, 1.54) is 5.75 Å². The average Bonchev–Trinajstić information content (AvgIpc) is 1.85. The lowest BCUT2D eigenvalue weighted by atomic mass is 10.0. The monoisotopic (exact) mass is 206 g/mol. The third kappa shape index (κ3) is 6.24. The van der Waals surface area contributed by atoms with E-state index >= 15 is 0 Å². The zero-order valence-electron chi connectivity index (χ0n) is 8.92. The number of thioether (sulfide) groups is 1. The van der Waals surface area contributed by atoms with Gasteiger partial charge in [-0.15, -0.1) is 0 Å². The van der Waals surface area contributed by atoms with Gasteiger partial charge in [-0.05, 0) is 23.3 Å². The van der Waals surface area contributed by atoms with Gasteiger partial charge in [0.25, 0.3) is 0 Å². The molecule has 0 fully saturated rings. The molecule has 0 saturated heterocycles. The fraction of sp³-hybridized carbons (Fsp3) is 1.00. The van der Waals surface area contributed by atoms with Crippen molar-refractivity contribution in [3.8, 4) is 0 Å². The van der Waals surface area contributed by atoms with Gasteiger partial charge in [-0.3, -0.25) is 0 Å². The average molecular weight is 206 g/mol. The highest BCUT2D eigenvalue weighted by atomic mass is 32.2. The predicted octanol–water partition coefficient (Wildman–Crippen LogP) is 3.72. The van der Waals surface area contributed by atoms with Crippen molar-refractivity contribution in [2.75, 3.05) is 11.5 Å². The maximum atomic E-state index is 4.37. The van der Waals surface area contributed by atoms with E-state index in [2.05, 4.69) is 47.2 Å². The number of rotatable bonds is 4. The van der Waals surface area contributed by atoms with Gasteiger partial charge >= 0.3 is 0 Å². The van der Waals surface area contributed by atoms with Crippen molar-refractivity contribution >= 4 is 24.4 Å². The maximum Gasteiger partial charge on any atom is 0.00752 e. The second kappa shape index (κ2) is 5.43. The van der Waals surface area contributed by atoms with E-state index in [0.29, 0.717) is 4.75 Å². The molecule has 0 aliphatic carbocycles. The summed E-state index contributed by atoms with van der Waals surface area (Å²) in [5.41, 5.74) is 0. The Balaban J connectivity index is 3.73. The quantitative estimate of drug-likeness (QED) is 0.684. The molecule has 0 aromatic carbocycles. The molecule has 0 heterocycles. The van der Waals surface area contributed by atoms with Gasteiger partial charge in [0.05, 0.1) is 0 Å². The largest absolute Gasteiger partial charge is 0.179 e. The normalized spacial score (nSPS) is 15.2. The van der Waals surface area contributed by atoms with E-state index < -0.39 is 0 Å². The van der Waals surface area contributed by atoms with Crippen LogP contribution in [0.3, 0.4) is 0 Å². The second-order valence-electron chi connectivity index (χ2n) is 4.61. The van der Waals surface area contributed by atoms with Crippen LogP contribution in [0.4, 0.5) is 0 Å². The van der Waals surface area contributed by atoms with Gasteiger partial charge in [-0.25, -0.2) is 0 Å². The first kappa shape index (κ1) is 12.7. The van der Waals surface area contributed by atoms with Gasteiger partial charge in [-0.2, -0.15) is 24.4 Å². The Morgan fingerprint density at radius 2 is 1.75 bits per heavy atom. The molecule has 12 heavy (non-hydrogen) atoms. The molecule has 0 spiro atoms. The Kier molecular flexibility index (Phi) is 5.75. The smallest absolute Gasteiger partial charge is 0.00752 e. The van der Waals surface area contributed by atoms with Crippen molar-refractivity contribution in [2.45, 2.75) is 39.4 Å². The van der Waals surface area contributed by atoms with Crippen molar-refractivity contribution in [3.05, 3.63) is 0 Å². The van der Waals surface area contributed by atoms with Gasteiger partial charge in [0.2, 0.25) is 0 Å². The summed E-state index contributed by atoms with van der Waals surface area (Å²) in [4.78, 5) is 0. The van der Waals surface area contributed by atoms with Crippen LogP contribution in [0.25, 0.3) is 0 Å². The van der Waals surface area contributed by atoms with Crippen molar-refractivity contribution in [3.63, 3.8) is 0 Å². The van der Waals surface area contributed by atoms with E-state index in [4.69, 9.17) is 0 Å². The lowest BCUT2D eigenvalue weighted by molar-refractivity contribution is 0.472. The summed E-state index contributed by atoms with van der Waals surface area (Å²) in [7, 11) is 0. The standard InChI is InChI=1S/C10H22S2/c1-8(2)9(6-11)7-12-10(3,4)5/h8-9,11H,6-7H2,1-5H3. The van der Waals surface area contributed by atoms with Gasteiger partial charge < -0.3 is 0 Å².